The first-order valence-corrected chi connectivity index (χ1v) is 11.1. The van der Waals surface area contributed by atoms with E-state index < -0.39 is 22.0 Å². The summed E-state index contributed by atoms with van der Waals surface area (Å²) < 4.78 is 28.5. The molecule has 27 heavy (non-hydrogen) atoms. The number of carbonyl (C=O) groups is 1. The van der Waals surface area contributed by atoms with E-state index >= 15 is 0 Å². The van der Waals surface area contributed by atoms with Crippen LogP contribution in [0.15, 0.2) is 51.8 Å². The second-order valence-corrected chi connectivity index (χ2v) is 9.71. The first-order chi connectivity index (χ1) is 12.6. The Balaban J connectivity index is 2.21. The van der Waals surface area contributed by atoms with Gasteiger partial charge in [0.05, 0.1) is 9.92 Å². The lowest BCUT2D eigenvalue weighted by atomic mass is 10.0. The van der Waals surface area contributed by atoms with Crippen molar-refractivity contribution in [3.63, 3.8) is 0 Å². The normalized spacial score (nSPS) is 12.8. The van der Waals surface area contributed by atoms with Gasteiger partial charge < -0.3 is 5.32 Å². The predicted molar refractivity (Wildman–Crippen MR) is 113 cm³/mol. The maximum atomic E-state index is 12.7. The molecule has 0 saturated carbocycles. The van der Waals surface area contributed by atoms with Crippen molar-refractivity contribution < 1.29 is 13.2 Å². The van der Waals surface area contributed by atoms with Gasteiger partial charge in [-0.15, -0.1) is 0 Å². The monoisotopic (exact) mass is 472 g/mol. The molecule has 2 rings (SSSR count). The van der Waals surface area contributed by atoms with E-state index in [1.54, 1.807) is 30.3 Å². The molecule has 5 nitrogen and oxygen atoms in total. The number of hydrogen-bond acceptors (Lipinski definition) is 3. The molecule has 0 aromatic heterocycles. The molecule has 0 saturated heterocycles. The fourth-order valence-electron chi connectivity index (χ4n) is 2.46. The van der Waals surface area contributed by atoms with E-state index in [1.165, 1.54) is 12.1 Å². The summed E-state index contributed by atoms with van der Waals surface area (Å²) in [6, 6.07) is 10.6. The Hall–Kier alpha value is -1.41. The van der Waals surface area contributed by atoms with Crippen LogP contribution in [0, 0.1) is 12.8 Å². The Labute approximate surface area is 173 Å². The molecule has 0 aliphatic heterocycles. The molecule has 2 aromatic rings. The number of rotatable bonds is 7. The molecule has 146 valence electrons. The zero-order valence-electron chi connectivity index (χ0n) is 15.3. The summed E-state index contributed by atoms with van der Waals surface area (Å²) in [5.74, 6) is -0.299. The average molecular weight is 474 g/mol. The van der Waals surface area contributed by atoms with Crippen molar-refractivity contribution in [1.29, 1.82) is 0 Å². The summed E-state index contributed by atoms with van der Waals surface area (Å²) >= 11 is 9.27. The van der Waals surface area contributed by atoms with Gasteiger partial charge in [-0.05, 0) is 65.5 Å². The van der Waals surface area contributed by atoms with Crippen molar-refractivity contribution in [3.8, 4) is 0 Å². The molecule has 0 spiro atoms. The number of halogens is 2. The molecule has 0 fully saturated rings. The van der Waals surface area contributed by atoms with Crippen molar-refractivity contribution in [2.24, 2.45) is 5.92 Å². The number of carbonyl (C=O) groups excluding carboxylic acids is 1. The molecular formula is C19H22BrClN2O3S. The topological polar surface area (TPSA) is 75.3 Å². The Morgan fingerprint density at radius 1 is 1.15 bits per heavy atom. The second kappa shape index (κ2) is 9.19. The molecule has 0 bridgehead atoms. The van der Waals surface area contributed by atoms with Gasteiger partial charge in [0.1, 0.15) is 6.04 Å². The smallest absolute Gasteiger partial charge is 0.242 e. The molecule has 0 heterocycles. The van der Waals surface area contributed by atoms with Crippen molar-refractivity contribution in [1.82, 2.24) is 4.72 Å². The van der Waals surface area contributed by atoms with Crippen LogP contribution in [0.4, 0.5) is 5.69 Å². The Kier molecular flexibility index (Phi) is 7.45. The molecule has 1 unspecified atom stereocenters. The summed E-state index contributed by atoms with van der Waals surface area (Å²) in [4.78, 5) is 12.8. The van der Waals surface area contributed by atoms with Crippen molar-refractivity contribution >= 4 is 49.1 Å². The van der Waals surface area contributed by atoms with E-state index in [1.807, 2.05) is 20.8 Å². The van der Waals surface area contributed by atoms with Crippen LogP contribution in [0.5, 0.6) is 0 Å². The summed E-state index contributed by atoms with van der Waals surface area (Å²) in [7, 11) is -3.82. The van der Waals surface area contributed by atoms with E-state index in [4.69, 9.17) is 11.6 Å². The third-order valence-electron chi connectivity index (χ3n) is 3.84. The van der Waals surface area contributed by atoms with Crippen molar-refractivity contribution in [2.45, 2.75) is 38.1 Å². The maximum Gasteiger partial charge on any atom is 0.242 e. The van der Waals surface area contributed by atoms with Gasteiger partial charge in [-0.1, -0.05) is 43.1 Å². The SMILES string of the molecule is Cc1ccc(S(=O)(=O)NC(CC(C)C)C(=O)Nc2ccc(Cl)c(Br)c2)cc1. The zero-order chi connectivity index (χ0) is 20.2. The van der Waals surface area contributed by atoms with Crippen LogP contribution in [0.25, 0.3) is 0 Å². The average Bonchev–Trinajstić information content (AvgIpc) is 2.57. The standard InChI is InChI=1S/C19H22BrClN2O3S/c1-12(2)10-18(19(24)22-14-6-9-17(21)16(20)11-14)23-27(25,26)15-7-4-13(3)5-8-15/h4-9,11-12,18,23H,10H2,1-3H3,(H,22,24). The number of amides is 1. The van der Waals surface area contributed by atoms with Crippen molar-refractivity contribution in [2.75, 3.05) is 5.32 Å². The molecule has 0 radical (unpaired) electrons. The fourth-order valence-corrected chi connectivity index (χ4v) is 4.16. The van der Waals surface area contributed by atoms with Gasteiger partial charge in [-0.3, -0.25) is 4.79 Å². The molecule has 1 atom stereocenters. The second-order valence-electron chi connectivity index (χ2n) is 6.73. The van der Waals surface area contributed by atoms with Gasteiger partial charge in [0.15, 0.2) is 0 Å². The van der Waals surface area contributed by atoms with Gasteiger partial charge in [0.25, 0.3) is 0 Å². The molecule has 2 N–H and O–H groups in total. The summed E-state index contributed by atoms with van der Waals surface area (Å²) in [6.07, 6.45) is 0.367. The van der Waals surface area contributed by atoms with Crippen molar-refractivity contribution in [3.05, 3.63) is 57.5 Å². The third kappa shape index (κ3) is 6.31. The van der Waals surface area contributed by atoms with Crippen LogP contribution in [-0.2, 0) is 14.8 Å². The minimum Gasteiger partial charge on any atom is -0.325 e. The molecule has 8 heteroatoms. The van der Waals surface area contributed by atoms with Gasteiger partial charge in [0, 0.05) is 10.2 Å². The van der Waals surface area contributed by atoms with Crippen LogP contribution < -0.4 is 10.0 Å². The Bertz CT molecular complexity index is 915. The van der Waals surface area contributed by atoms with Gasteiger partial charge >= 0.3 is 0 Å². The van der Waals surface area contributed by atoms with Crippen LogP contribution in [-0.4, -0.2) is 20.4 Å². The largest absolute Gasteiger partial charge is 0.325 e. The Morgan fingerprint density at radius 3 is 2.33 bits per heavy atom. The lowest BCUT2D eigenvalue weighted by Crippen LogP contribution is -2.44. The number of sulfonamides is 1. The summed E-state index contributed by atoms with van der Waals surface area (Å²) in [6.45, 7) is 5.74. The molecular weight excluding hydrogens is 452 g/mol. The number of aryl methyl sites for hydroxylation is 1. The molecule has 1 amide bonds. The quantitative estimate of drug-likeness (QED) is 0.610. The highest BCUT2D eigenvalue weighted by Crippen LogP contribution is 2.26. The zero-order valence-corrected chi connectivity index (χ0v) is 18.5. The predicted octanol–water partition coefficient (Wildman–Crippen LogP) is 4.74. The van der Waals surface area contributed by atoms with E-state index in [0.717, 1.165) is 5.56 Å². The van der Waals surface area contributed by atoms with Gasteiger partial charge in [0.2, 0.25) is 15.9 Å². The van der Waals surface area contributed by atoms with E-state index in [-0.39, 0.29) is 10.8 Å². The van der Waals surface area contributed by atoms with Gasteiger partial charge in [-0.2, -0.15) is 4.72 Å². The highest BCUT2D eigenvalue weighted by molar-refractivity contribution is 9.10. The van der Waals surface area contributed by atoms with Gasteiger partial charge in [-0.25, -0.2) is 8.42 Å². The number of nitrogens with one attached hydrogen (secondary N) is 2. The van der Waals surface area contributed by atoms with Crippen LogP contribution in [0.3, 0.4) is 0 Å². The lowest BCUT2D eigenvalue weighted by Gasteiger charge is -2.20. The first kappa shape index (κ1) is 21.9. The van der Waals surface area contributed by atoms with E-state index in [2.05, 4.69) is 26.0 Å². The summed E-state index contributed by atoms with van der Waals surface area (Å²) in [5.41, 5.74) is 1.48. The minimum atomic E-state index is -3.82. The lowest BCUT2D eigenvalue weighted by molar-refractivity contribution is -0.118. The first-order valence-electron chi connectivity index (χ1n) is 8.43. The third-order valence-corrected chi connectivity index (χ3v) is 6.54. The maximum absolute atomic E-state index is 12.7. The Morgan fingerprint density at radius 2 is 1.78 bits per heavy atom. The number of benzene rings is 2. The number of anilines is 1. The highest BCUT2D eigenvalue weighted by Gasteiger charge is 2.26. The van der Waals surface area contributed by atoms with E-state index in [9.17, 15) is 13.2 Å². The minimum absolute atomic E-state index is 0.124. The highest BCUT2D eigenvalue weighted by atomic mass is 79.9. The van der Waals surface area contributed by atoms with Crippen LogP contribution >= 0.6 is 27.5 Å². The molecule has 0 aliphatic rings. The van der Waals surface area contributed by atoms with Crippen LogP contribution in [0.1, 0.15) is 25.8 Å². The number of hydrogen-bond donors (Lipinski definition) is 2. The fraction of sp³-hybridized carbons (Fsp3) is 0.316. The van der Waals surface area contributed by atoms with E-state index in [0.29, 0.717) is 21.6 Å². The summed E-state index contributed by atoms with van der Waals surface area (Å²) in [5, 5.41) is 3.26. The molecule has 2 aromatic carbocycles. The molecule has 0 aliphatic carbocycles. The van der Waals surface area contributed by atoms with Crippen LogP contribution in [0.2, 0.25) is 5.02 Å².